The number of nitrogens with zero attached hydrogens (tertiary/aromatic N) is 1. The van der Waals surface area contributed by atoms with E-state index in [1.165, 1.54) is 25.8 Å². The lowest BCUT2D eigenvalue weighted by Crippen LogP contribution is -2.51. The lowest BCUT2D eigenvalue weighted by molar-refractivity contribution is -0.0232. The van der Waals surface area contributed by atoms with Gasteiger partial charge in [-0.3, -0.25) is 4.90 Å². The van der Waals surface area contributed by atoms with Crippen LogP contribution >= 0.6 is 0 Å². The molecule has 1 fully saturated rings. The van der Waals surface area contributed by atoms with Crippen molar-refractivity contribution in [1.82, 2.24) is 10.2 Å². The molecule has 0 radical (unpaired) electrons. The number of nitrogens with one attached hydrogen (secondary N) is 1. The summed E-state index contributed by atoms with van der Waals surface area (Å²) in [6.07, 6.45) is 5.15. The molecule has 0 aliphatic carbocycles. The highest BCUT2D eigenvalue weighted by Gasteiger charge is 2.25. The average molecular weight is 272 g/mol. The highest BCUT2D eigenvalue weighted by molar-refractivity contribution is 4.81. The van der Waals surface area contributed by atoms with Gasteiger partial charge in [-0.25, -0.2) is 0 Å². The maximum atomic E-state index is 5.91. The molecule has 2 unspecified atom stereocenters. The average Bonchev–Trinajstić information content (AvgIpc) is 2.45. The van der Waals surface area contributed by atoms with E-state index < -0.39 is 0 Å². The van der Waals surface area contributed by atoms with Crippen molar-refractivity contribution in [3.8, 4) is 0 Å². The van der Waals surface area contributed by atoms with Gasteiger partial charge in [-0.15, -0.1) is 0 Å². The van der Waals surface area contributed by atoms with E-state index in [-0.39, 0.29) is 0 Å². The predicted molar refractivity (Wildman–Crippen MR) is 79.7 cm³/mol. The van der Waals surface area contributed by atoms with E-state index in [0.717, 1.165) is 39.3 Å². The zero-order valence-corrected chi connectivity index (χ0v) is 13.0. The molecule has 1 aliphatic heterocycles. The molecule has 0 saturated carbocycles. The Labute approximate surface area is 118 Å². The van der Waals surface area contributed by atoms with Gasteiger partial charge in [0.2, 0.25) is 0 Å². The van der Waals surface area contributed by atoms with Crippen LogP contribution < -0.4 is 5.32 Å². The Morgan fingerprint density at radius 3 is 2.84 bits per heavy atom. The van der Waals surface area contributed by atoms with E-state index in [1.807, 2.05) is 0 Å². The molecule has 1 saturated heterocycles. The van der Waals surface area contributed by atoms with Crippen molar-refractivity contribution in [3.63, 3.8) is 0 Å². The Hall–Kier alpha value is -0.160. The first kappa shape index (κ1) is 16.9. The Morgan fingerprint density at radius 2 is 2.16 bits per heavy atom. The van der Waals surface area contributed by atoms with Crippen LogP contribution in [0.3, 0.4) is 0 Å². The van der Waals surface area contributed by atoms with E-state index >= 15 is 0 Å². The van der Waals surface area contributed by atoms with Crippen LogP contribution in [0.5, 0.6) is 0 Å². The first-order valence-corrected chi connectivity index (χ1v) is 7.87. The number of hydrogen-bond acceptors (Lipinski definition) is 4. The van der Waals surface area contributed by atoms with Crippen molar-refractivity contribution in [2.45, 2.75) is 51.7 Å². The Bertz CT molecular complexity index is 214. The molecule has 1 heterocycles. The summed E-state index contributed by atoms with van der Waals surface area (Å²) in [5.41, 5.74) is 0. The molecule has 0 aromatic rings. The van der Waals surface area contributed by atoms with Crippen molar-refractivity contribution in [3.05, 3.63) is 0 Å². The second-order valence-corrected chi connectivity index (χ2v) is 5.44. The molecule has 4 heteroatoms. The Kier molecular flexibility index (Phi) is 9.43. The fourth-order valence-electron chi connectivity index (χ4n) is 2.65. The van der Waals surface area contributed by atoms with Gasteiger partial charge in [0.15, 0.2) is 0 Å². The van der Waals surface area contributed by atoms with Gasteiger partial charge in [0.25, 0.3) is 0 Å². The van der Waals surface area contributed by atoms with Gasteiger partial charge >= 0.3 is 0 Å². The van der Waals surface area contributed by atoms with Crippen LogP contribution in [0.4, 0.5) is 0 Å². The molecule has 0 amide bonds. The monoisotopic (exact) mass is 272 g/mol. The van der Waals surface area contributed by atoms with Crippen LogP contribution in [0.25, 0.3) is 0 Å². The third-order valence-electron chi connectivity index (χ3n) is 3.65. The standard InChI is InChI=1S/C15H32N2O2/c1-4-8-16-11-14(13-18-3)17-9-6-7-15(12-17)19-10-5-2/h14-16H,4-13H2,1-3H3. The molecule has 4 nitrogen and oxygen atoms in total. The van der Waals surface area contributed by atoms with Crippen LogP contribution in [0.2, 0.25) is 0 Å². The third kappa shape index (κ3) is 6.70. The van der Waals surface area contributed by atoms with Crippen LogP contribution in [0, 0.1) is 0 Å². The van der Waals surface area contributed by atoms with Gasteiger partial charge in [0.05, 0.1) is 12.7 Å². The number of ether oxygens (including phenoxy) is 2. The van der Waals surface area contributed by atoms with E-state index in [0.29, 0.717) is 12.1 Å². The van der Waals surface area contributed by atoms with Gasteiger partial charge in [0, 0.05) is 32.8 Å². The fraction of sp³-hybridized carbons (Fsp3) is 1.00. The summed E-state index contributed by atoms with van der Waals surface area (Å²) in [5.74, 6) is 0. The SMILES string of the molecule is CCCNCC(COC)N1CCCC(OCCC)C1. The number of rotatable bonds is 10. The minimum Gasteiger partial charge on any atom is -0.383 e. The largest absolute Gasteiger partial charge is 0.383 e. The van der Waals surface area contributed by atoms with Crippen LogP contribution in [0.1, 0.15) is 39.5 Å². The second-order valence-electron chi connectivity index (χ2n) is 5.44. The van der Waals surface area contributed by atoms with E-state index in [9.17, 15) is 0 Å². The maximum absolute atomic E-state index is 5.91. The third-order valence-corrected chi connectivity index (χ3v) is 3.65. The molecule has 1 rings (SSSR count). The summed E-state index contributed by atoms with van der Waals surface area (Å²) < 4.78 is 11.3. The summed E-state index contributed by atoms with van der Waals surface area (Å²) in [7, 11) is 1.79. The smallest absolute Gasteiger partial charge is 0.0702 e. The Balaban J connectivity index is 2.38. The maximum Gasteiger partial charge on any atom is 0.0702 e. The summed E-state index contributed by atoms with van der Waals surface area (Å²) >= 11 is 0. The molecular formula is C15H32N2O2. The van der Waals surface area contributed by atoms with Crippen molar-refractivity contribution >= 4 is 0 Å². The first-order valence-electron chi connectivity index (χ1n) is 7.87. The van der Waals surface area contributed by atoms with Crippen molar-refractivity contribution in [2.75, 3.05) is 46.5 Å². The summed E-state index contributed by atoms with van der Waals surface area (Å²) in [6, 6.07) is 0.476. The van der Waals surface area contributed by atoms with Crippen molar-refractivity contribution in [1.29, 1.82) is 0 Å². The van der Waals surface area contributed by atoms with Gasteiger partial charge in [-0.1, -0.05) is 13.8 Å². The number of piperidine rings is 1. The number of methoxy groups -OCH3 is 1. The molecule has 0 aromatic heterocycles. The van der Waals surface area contributed by atoms with Crippen molar-refractivity contribution < 1.29 is 9.47 Å². The molecule has 114 valence electrons. The quantitative estimate of drug-likeness (QED) is 0.616. The molecule has 19 heavy (non-hydrogen) atoms. The number of likely N-dealkylation sites (tertiary alicyclic amines) is 1. The van der Waals surface area contributed by atoms with Crippen LogP contribution in [0.15, 0.2) is 0 Å². The normalized spacial score (nSPS) is 22.6. The van der Waals surface area contributed by atoms with Crippen LogP contribution in [-0.4, -0.2) is 63.5 Å². The van der Waals surface area contributed by atoms with E-state index in [2.05, 4.69) is 24.1 Å². The highest BCUT2D eigenvalue weighted by Crippen LogP contribution is 2.16. The lowest BCUT2D eigenvalue weighted by Gasteiger charge is -2.38. The predicted octanol–water partition coefficient (Wildman–Crippen LogP) is 1.89. The van der Waals surface area contributed by atoms with Crippen LogP contribution in [-0.2, 0) is 9.47 Å². The molecule has 1 N–H and O–H groups in total. The summed E-state index contributed by atoms with van der Waals surface area (Å²) in [6.45, 7) is 10.4. The minimum atomic E-state index is 0.416. The molecule has 0 aromatic carbocycles. The zero-order chi connectivity index (χ0) is 13.9. The lowest BCUT2D eigenvalue weighted by atomic mass is 10.1. The van der Waals surface area contributed by atoms with Crippen molar-refractivity contribution in [2.24, 2.45) is 0 Å². The molecule has 0 spiro atoms. The fourth-order valence-corrected chi connectivity index (χ4v) is 2.65. The first-order chi connectivity index (χ1) is 9.31. The highest BCUT2D eigenvalue weighted by atomic mass is 16.5. The van der Waals surface area contributed by atoms with E-state index in [1.54, 1.807) is 7.11 Å². The Morgan fingerprint density at radius 1 is 1.32 bits per heavy atom. The zero-order valence-electron chi connectivity index (χ0n) is 13.0. The van der Waals surface area contributed by atoms with Gasteiger partial charge in [-0.05, 0) is 38.8 Å². The van der Waals surface area contributed by atoms with Gasteiger partial charge < -0.3 is 14.8 Å². The summed E-state index contributed by atoms with van der Waals surface area (Å²) in [4.78, 5) is 2.54. The van der Waals surface area contributed by atoms with Gasteiger partial charge in [-0.2, -0.15) is 0 Å². The minimum absolute atomic E-state index is 0.416. The van der Waals surface area contributed by atoms with E-state index in [4.69, 9.17) is 9.47 Å². The molecule has 0 bridgehead atoms. The topological polar surface area (TPSA) is 33.7 Å². The molecular weight excluding hydrogens is 240 g/mol. The molecule has 2 atom stereocenters. The second kappa shape index (κ2) is 10.6. The summed E-state index contributed by atoms with van der Waals surface area (Å²) in [5, 5.41) is 3.51. The number of hydrogen-bond donors (Lipinski definition) is 1. The van der Waals surface area contributed by atoms with Gasteiger partial charge in [0.1, 0.15) is 0 Å². The molecule has 1 aliphatic rings.